The lowest BCUT2D eigenvalue weighted by Crippen LogP contribution is -2.33. The normalized spacial score (nSPS) is 13.6. The van der Waals surface area contributed by atoms with E-state index in [1.54, 1.807) is 44.2 Å². The van der Waals surface area contributed by atoms with Crippen molar-refractivity contribution in [3.8, 4) is 5.75 Å². The molecule has 1 atom stereocenters. The van der Waals surface area contributed by atoms with Crippen LogP contribution >= 0.6 is 30.8 Å². The number of methoxy groups -OCH3 is 1. The van der Waals surface area contributed by atoms with Gasteiger partial charge in [-0.3, -0.25) is 13.9 Å². The van der Waals surface area contributed by atoms with E-state index in [1.807, 2.05) is 6.92 Å². The molecule has 1 N–H and O–H groups in total. The molecular weight excluding hydrogens is 710 g/mol. The average molecular weight is 749 g/mol. The van der Waals surface area contributed by atoms with Gasteiger partial charge in [0.15, 0.2) is 0 Å². The predicted octanol–water partition coefficient (Wildman–Crippen LogP) is 8.66. The molecule has 0 aromatic heterocycles. The Hall–Kier alpha value is -2.83. The quantitative estimate of drug-likeness (QED) is 0.0828. The van der Waals surface area contributed by atoms with Crippen molar-refractivity contribution in [1.82, 2.24) is 4.31 Å². The number of alkyl halides is 2. The van der Waals surface area contributed by atoms with E-state index in [9.17, 15) is 22.7 Å². The number of para-hydroxylation sites is 1. The first-order valence-electron chi connectivity index (χ1n) is 14.8. The minimum Gasteiger partial charge on any atom is -0.495 e. The number of carbonyl (C=O) groups excluding carboxylic acids is 1. The van der Waals surface area contributed by atoms with Gasteiger partial charge in [-0.1, -0.05) is 85.6 Å². The van der Waals surface area contributed by atoms with Crippen LogP contribution in [0.2, 0.25) is 10.0 Å². The van der Waals surface area contributed by atoms with Crippen molar-refractivity contribution in [2.24, 2.45) is 5.41 Å². The van der Waals surface area contributed by atoms with Gasteiger partial charge in [-0.2, -0.15) is 13.1 Å². The molecule has 0 bridgehead atoms. The SMILES string of the molecule is C=Cc1cc(CCN(Cc2ccc(Cl)c(Cl)c2)S(=O)(=O)c2ccccc2OC)ccc1C(F)(F)P(=O)(O)OCOC(=O)C(C)(C)CCC. The molecule has 48 heavy (non-hydrogen) atoms. The van der Waals surface area contributed by atoms with Crippen molar-refractivity contribution < 1.29 is 45.4 Å². The van der Waals surface area contributed by atoms with Crippen LogP contribution in [0.4, 0.5) is 8.78 Å². The summed E-state index contributed by atoms with van der Waals surface area (Å²) in [6.07, 6.45) is 2.25. The summed E-state index contributed by atoms with van der Waals surface area (Å²) in [4.78, 5) is 22.5. The number of esters is 1. The van der Waals surface area contributed by atoms with Crippen molar-refractivity contribution in [3.63, 3.8) is 0 Å². The molecule has 3 aromatic rings. The minimum atomic E-state index is -5.72. The van der Waals surface area contributed by atoms with Crippen LogP contribution in [0, 0.1) is 5.41 Å². The third-order valence-electron chi connectivity index (χ3n) is 7.54. The lowest BCUT2D eigenvalue weighted by atomic mass is 9.88. The molecule has 262 valence electrons. The Morgan fingerprint density at radius 1 is 1.06 bits per heavy atom. The second kappa shape index (κ2) is 16.3. The van der Waals surface area contributed by atoms with E-state index in [4.69, 9.17) is 32.7 Å². The summed E-state index contributed by atoms with van der Waals surface area (Å²) in [5.41, 5.74) is -5.40. The van der Waals surface area contributed by atoms with E-state index in [1.165, 1.54) is 35.7 Å². The molecule has 0 fully saturated rings. The van der Waals surface area contributed by atoms with Crippen LogP contribution in [-0.2, 0) is 47.3 Å². The topological polar surface area (TPSA) is 119 Å². The molecule has 0 aliphatic heterocycles. The van der Waals surface area contributed by atoms with Gasteiger partial charge in [0.1, 0.15) is 10.6 Å². The van der Waals surface area contributed by atoms with E-state index in [0.717, 1.165) is 12.1 Å². The molecule has 3 rings (SSSR count). The van der Waals surface area contributed by atoms with Crippen molar-refractivity contribution in [3.05, 3.63) is 99.5 Å². The average Bonchev–Trinajstić information content (AvgIpc) is 3.03. The van der Waals surface area contributed by atoms with Crippen molar-refractivity contribution in [1.29, 1.82) is 0 Å². The fraction of sp³-hybridized carbons (Fsp3) is 0.364. The molecule has 1 unspecified atom stereocenters. The number of ether oxygens (including phenoxy) is 2. The Morgan fingerprint density at radius 3 is 2.35 bits per heavy atom. The Morgan fingerprint density at radius 2 is 1.73 bits per heavy atom. The maximum atomic E-state index is 15.5. The molecule has 0 aliphatic carbocycles. The predicted molar refractivity (Wildman–Crippen MR) is 182 cm³/mol. The molecule has 0 heterocycles. The second-order valence-electron chi connectivity index (χ2n) is 11.5. The summed E-state index contributed by atoms with van der Waals surface area (Å²) < 4.78 is 87.4. The highest BCUT2D eigenvalue weighted by molar-refractivity contribution is 7.89. The highest BCUT2D eigenvalue weighted by Crippen LogP contribution is 2.63. The summed E-state index contributed by atoms with van der Waals surface area (Å²) in [5, 5.41) is 0.530. The summed E-state index contributed by atoms with van der Waals surface area (Å²) in [7, 11) is -8.53. The number of carbonyl (C=O) groups is 1. The maximum Gasteiger partial charge on any atom is 0.404 e. The van der Waals surface area contributed by atoms with Crippen molar-refractivity contribution >= 4 is 52.9 Å². The first kappa shape index (κ1) is 39.6. The molecule has 0 saturated heterocycles. The standard InChI is InChI=1S/C33H38Cl2F2NO8PS/c1-6-17-32(3,4)31(39)45-22-46-47(40,41)33(36,37)26-14-12-23(19-25(26)7-2)16-18-38(21-24-13-15-27(34)28(35)20-24)48(42,43)30-11-9-8-10-29(30)44-5/h7-15,19-20H,2,6,16-18,21-22H2,1,3-5H3,(H,40,41). The Balaban J connectivity index is 1.87. The first-order valence-corrected chi connectivity index (χ1v) is 18.5. The van der Waals surface area contributed by atoms with Crippen LogP contribution in [0.15, 0.2) is 72.1 Å². The lowest BCUT2D eigenvalue weighted by Gasteiger charge is -2.26. The van der Waals surface area contributed by atoms with Gasteiger partial charge in [0.05, 0.1) is 22.6 Å². The summed E-state index contributed by atoms with van der Waals surface area (Å²) in [5.74, 6) is -0.628. The number of rotatable bonds is 17. The van der Waals surface area contributed by atoms with Crippen LogP contribution in [0.1, 0.15) is 55.9 Å². The Labute approximate surface area is 290 Å². The molecule has 0 saturated carbocycles. The molecule has 0 aliphatic rings. The number of hydrogen-bond acceptors (Lipinski definition) is 7. The summed E-state index contributed by atoms with van der Waals surface area (Å²) in [6.45, 7) is 7.27. The van der Waals surface area contributed by atoms with Gasteiger partial charge < -0.3 is 14.4 Å². The van der Waals surface area contributed by atoms with Gasteiger partial charge in [0.25, 0.3) is 0 Å². The number of benzene rings is 3. The highest BCUT2D eigenvalue weighted by atomic mass is 35.5. The van der Waals surface area contributed by atoms with Crippen LogP contribution in [0.25, 0.3) is 6.08 Å². The number of sulfonamides is 1. The minimum absolute atomic E-state index is 0.0547. The van der Waals surface area contributed by atoms with Crippen molar-refractivity contribution in [2.45, 2.75) is 57.1 Å². The maximum absolute atomic E-state index is 15.5. The molecule has 0 radical (unpaired) electrons. The zero-order valence-corrected chi connectivity index (χ0v) is 30.1. The van der Waals surface area contributed by atoms with Gasteiger partial charge >= 0.3 is 19.2 Å². The fourth-order valence-electron chi connectivity index (χ4n) is 4.87. The summed E-state index contributed by atoms with van der Waals surface area (Å²) in [6, 6.07) is 14.4. The monoisotopic (exact) mass is 747 g/mol. The highest BCUT2D eigenvalue weighted by Gasteiger charge is 2.54. The van der Waals surface area contributed by atoms with Crippen molar-refractivity contribution in [2.75, 3.05) is 20.4 Å². The van der Waals surface area contributed by atoms with E-state index >= 15 is 8.78 Å². The smallest absolute Gasteiger partial charge is 0.404 e. The van der Waals surface area contributed by atoms with Gasteiger partial charge in [-0.05, 0) is 67.6 Å². The molecule has 0 spiro atoms. The Bertz CT molecular complexity index is 1790. The molecule has 9 nitrogen and oxygen atoms in total. The van der Waals surface area contributed by atoms with Crippen LogP contribution < -0.4 is 4.74 Å². The van der Waals surface area contributed by atoms with E-state index in [2.05, 4.69) is 11.1 Å². The largest absolute Gasteiger partial charge is 0.495 e. The van der Waals surface area contributed by atoms with E-state index < -0.39 is 47.0 Å². The summed E-state index contributed by atoms with van der Waals surface area (Å²) >= 11 is 12.2. The lowest BCUT2D eigenvalue weighted by molar-refractivity contribution is -0.162. The van der Waals surface area contributed by atoms with Gasteiger partial charge in [-0.15, -0.1) is 0 Å². The van der Waals surface area contributed by atoms with Crippen LogP contribution in [-0.4, -0.2) is 44.0 Å². The third-order valence-corrected chi connectivity index (χ3v) is 11.6. The van der Waals surface area contributed by atoms with E-state index in [-0.39, 0.29) is 40.7 Å². The Kier molecular flexibility index (Phi) is 13.4. The molecule has 15 heteroatoms. The third kappa shape index (κ3) is 9.24. The van der Waals surface area contributed by atoms with Crippen LogP contribution in [0.5, 0.6) is 5.75 Å². The zero-order valence-electron chi connectivity index (χ0n) is 26.9. The molecule has 3 aromatic carbocycles. The van der Waals surface area contributed by atoms with E-state index in [0.29, 0.717) is 29.0 Å². The first-order chi connectivity index (χ1) is 22.4. The van der Waals surface area contributed by atoms with Gasteiger partial charge in [-0.25, -0.2) is 8.42 Å². The number of nitrogens with zero attached hydrogens (tertiary/aromatic N) is 1. The van der Waals surface area contributed by atoms with Crippen LogP contribution in [0.3, 0.4) is 0 Å². The molecular formula is C33H38Cl2F2NO8PS. The van der Waals surface area contributed by atoms with Gasteiger partial charge in [0.2, 0.25) is 16.8 Å². The zero-order chi connectivity index (χ0) is 35.9. The van der Waals surface area contributed by atoms with Gasteiger partial charge in [0, 0.05) is 18.7 Å². The second-order valence-corrected chi connectivity index (χ2v) is 16.1. The molecule has 0 amide bonds. The fourth-order valence-corrected chi connectivity index (χ4v) is 7.64. The number of halogens is 4. The number of hydrogen-bond donors (Lipinski definition) is 1.